The fraction of sp³-hybridized carbons (Fsp3) is 0.526. The smallest absolute Gasteiger partial charge is 0.251 e. The number of rotatable bonds is 2. The fourth-order valence-corrected chi connectivity index (χ4v) is 3.73. The van der Waals surface area contributed by atoms with Crippen molar-refractivity contribution < 1.29 is 9.53 Å². The molecule has 2 aliphatic heterocycles. The monoisotopic (exact) mass is 325 g/mol. The van der Waals surface area contributed by atoms with Crippen LogP contribution in [0.15, 0.2) is 30.5 Å². The van der Waals surface area contributed by atoms with Crippen LogP contribution < -0.4 is 0 Å². The molecule has 0 radical (unpaired) electrons. The summed E-state index contributed by atoms with van der Waals surface area (Å²) in [5, 5.41) is 1.07. The lowest BCUT2D eigenvalue weighted by molar-refractivity contribution is -0.147. The van der Waals surface area contributed by atoms with Crippen LogP contribution in [-0.4, -0.2) is 46.6 Å². The van der Waals surface area contributed by atoms with E-state index in [1.165, 1.54) is 0 Å². The largest absolute Gasteiger partial charge is 0.368 e. The van der Waals surface area contributed by atoms with Gasteiger partial charge >= 0.3 is 0 Å². The number of piperidine rings is 1. The van der Waals surface area contributed by atoms with Crippen molar-refractivity contribution in [2.45, 2.75) is 44.1 Å². The molecule has 24 heavy (non-hydrogen) atoms. The van der Waals surface area contributed by atoms with E-state index in [2.05, 4.69) is 17.1 Å². The van der Waals surface area contributed by atoms with E-state index in [0.717, 1.165) is 68.5 Å². The number of amides is 1. The Balaban J connectivity index is 1.40. The molecule has 4 heterocycles. The van der Waals surface area contributed by atoms with Gasteiger partial charge in [0.2, 0.25) is 0 Å². The highest BCUT2D eigenvalue weighted by Crippen LogP contribution is 2.28. The summed E-state index contributed by atoms with van der Waals surface area (Å²) in [5.41, 5.74) is 1.91. The lowest BCUT2D eigenvalue weighted by atomic mass is 9.92. The summed E-state index contributed by atoms with van der Waals surface area (Å²) in [6.07, 6.45) is 6.54. The van der Waals surface area contributed by atoms with Crippen molar-refractivity contribution in [3.8, 4) is 0 Å². The topological polar surface area (TPSA) is 55.3 Å². The van der Waals surface area contributed by atoms with Gasteiger partial charge in [-0.3, -0.25) is 4.79 Å². The van der Waals surface area contributed by atoms with Gasteiger partial charge in [-0.25, -0.2) is 9.97 Å². The summed E-state index contributed by atoms with van der Waals surface area (Å²) in [6, 6.07) is 8.17. The Bertz CT molecular complexity index is 719. The molecule has 0 bridgehead atoms. The summed E-state index contributed by atoms with van der Waals surface area (Å²) in [6.45, 7) is 2.32. The van der Waals surface area contributed by atoms with E-state index in [4.69, 9.17) is 9.72 Å². The molecule has 0 saturated carbocycles. The lowest BCUT2D eigenvalue weighted by Crippen LogP contribution is -2.45. The van der Waals surface area contributed by atoms with Crippen molar-refractivity contribution in [1.82, 2.24) is 14.9 Å². The first-order chi connectivity index (χ1) is 11.8. The predicted molar refractivity (Wildman–Crippen MR) is 91.7 cm³/mol. The first-order valence-electron chi connectivity index (χ1n) is 8.93. The third kappa shape index (κ3) is 3.13. The standard InChI is InChI=1S/C19H23N3O2/c23-19(17-5-1-2-13-24-17)22-11-8-14(9-12-22)16-7-6-15-4-3-10-20-18(15)21-16/h3-4,6-7,10,14,17H,1-2,5,8-9,11-13H2. The molecule has 2 saturated heterocycles. The Kier molecular flexibility index (Phi) is 4.43. The van der Waals surface area contributed by atoms with Crippen molar-refractivity contribution >= 4 is 16.9 Å². The average Bonchev–Trinajstić information content (AvgIpc) is 2.68. The van der Waals surface area contributed by atoms with Gasteiger partial charge in [0.15, 0.2) is 5.65 Å². The number of nitrogens with zero attached hydrogens (tertiary/aromatic N) is 3. The van der Waals surface area contributed by atoms with E-state index in [1.807, 2.05) is 17.0 Å². The molecule has 0 aromatic carbocycles. The van der Waals surface area contributed by atoms with E-state index in [9.17, 15) is 4.79 Å². The highest BCUT2D eigenvalue weighted by Gasteiger charge is 2.30. The van der Waals surface area contributed by atoms with Crippen LogP contribution in [0.5, 0.6) is 0 Å². The normalized spacial score (nSPS) is 22.7. The maximum Gasteiger partial charge on any atom is 0.251 e. The molecule has 2 fully saturated rings. The van der Waals surface area contributed by atoms with E-state index in [-0.39, 0.29) is 12.0 Å². The molecule has 5 nitrogen and oxygen atoms in total. The highest BCUT2D eigenvalue weighted by molar-refractivity contribution is 5.81. The second-order valence-corrected chi connectivity index (χ2v) is 6.74. The second kappa shape index (κ2) is 6.85. The van der Waals surface area contributed by atoms with Crippen LogP contribution in [0.2, 0.25) is 0 Å². The van der Waals surface area contributed by atoms with Gasteiger partial charge in [0.1, 0.15) is 6.10 Å². The molecular formula is C19H23N3O2. The molecule has 1 atom stereocenters. The number of carbonyl (C=O) groups is 1. The van der Waals surface area contributed by atoms with Crippen molar-refractivity contribution in [3.05, 3.63) is 36.2 Å². The van der Waals surface area contributed by atoms with Gasteiger partial charge in [-0.05, 0) is 56.4 Å². The first kappa shape index (κ1) is 15.5. The Morgan fingerprint density at radius 3 is 2.79 bits per heavy atom. The highest BCUT2D eigenvalue weighted by atomic mass is 16.5. The maximum atomic E-state index is 12.5. The van der Waals surface area contributed by atoms with Crippen LogP contribution >= 0.6 is 0 Å². The Morgan fingerprint density at radius 1 is 1.12 bits per heavy atom. The van der Waals surface area contributed by atoms with Crippen LogP contribution in [0.1, 0.15) is 43.7 Å². The zero-order valence-electron chi connectivity index (χ0n) is 13.9. The van der Waals surface area contributed by atoms with Gasteiger partial charge in [0.05, 0.1) is 0 Å². The minimum atomic E-state index is -0.210. The van der Waals surface area contributed by atoms with Crippen molar-refractivity contribution in [2.24, 2.45) is 0 Å². The molecule has 2 aromatic rings. The number of ether oxygens (including phenoxy) is 1. The minimum absolute atomic E-state index is 0.182. The first-order valence-corrected chi connectivity index (χ1v) is 8.93. The van der Waals surface area contributed by atoms with E-state index in [1.54, 1.807) is 6.20 Å². The third-order valence-corrected chi connectivity index (χ3v) is 5.17. The van der Waals surface area contributed by atoms with Gasteiger partial charge in [-0.2, -0.15) is 0 Å². The molecule has 1 unspecified atom stereocenters. The van der Waals surface area contributed by atoms with E-state index in [0.29, 0.717) is 5.92 Å². The molecule has 0 spiro atoms. The Labute approximate surface area is 142 Å². The maximum absolute atomic E-state index is 12.5. The average molecular weight is 325 g/mol. The van der Waals surface area contributed by atoms with Gasteiger partial charge < -0.3 is 9.64 Å². The number of hydrogen-bond donors (Lipinski definition) is 0. The molecule has 4 rings (SSSR count). The van der Waals surface area contributed by atoms with Gasteiger partial charge in [0.25, 0.3) is 5.91 Å². The quantitative estimate of drug-likeness (QED) is 0.852. The zero-order chi connectivity index (χ0) is 16.4. The summed E-state index contributed by atoms with van der Waals surface area (Å²) < 4.78 is 5.64. The lowest BCUT2D eigenvalue weighted by Gasteiger charge is -2.35. The van der Waals surface area contributed by atoms with Crippen molar-refractivity contribution in [3.63, 3.8) is 0 Å². The fourth-order valence-electron chi connectivity index (χ4n) is 3.73. The van der Waals surface area contributed by atoms with Crippen LogP contribution in [0.4, 0.5) is 0 Å². The molecule has 0 aliphatic carbocycles. The SMILES string of the molecule is O=C(C1CCCCO1)N1CCC(c2ccc3cccnc3n2)CC1. The molecule has 5 heteroatoms. The predicted octanol–water partition coefficient (Wildman–Crippen LogP) is 2.90. The molecule has 0 N–H and O–H groups in total. The Morgan fingerprint density at radius 2 is 2.00 bits per heavy atom. The summed E-state index contributed by atoms with van der Waals surface area (Å²) >= 11 is 0. The van der Waals surface area contributed by atoms with Crippen LogP contribution in [0.3, 0.4) is 0 Å². The number of fused-ring (bicyclic) bond motifs is 1. The van der Waals surface area contributed by atoms with Crippen LogP contribution in [0, 0.1) is 0 Å². The summed E-state index contributed by atoms with van der Waals surface area (Å²) in [7, 11) is 0. The second-order valence-electron chi connectivity index (χ2n) is 6.74. The Hall–Kier alpha value is -2.01. The number of aromatic nitrogens is 2. The number of pyridine rings is 2. The number of likely N-dealkylation sites (tertiary alicyclic amines) is 1. The zero-order valence-corrected chi connectivity index (χ0v) is 13.9. The van der Waals surface area contributed by atoms with Gasteiger partial charge in [0, 0.05) is 42.9 Å². The van der Waals surface area contributed by atoms with Crippen LogP contribution in [0.25, 0.3) is 11.0 Å². The van der Waals surface area contributed by atoms with Gasteiger partial charge in [-0.15, -0.1) is 0 Å². The van der Waals surface area contributed by atoms with Crippen molar-refractivity contribution in [2.75, 3.05) is 19.7 Å². The molecule has 2 aromatic heterocycles. The van der Waals surface area contributed by atoms with E-state index >= 15 is 0 Å². The number of carbonyl (C=O) groups excluding carboxylic acids is 1. The molecular weight excluding hydrogens is 302 g/mol. The molecule has 2 aliphatic rings. The van der Waals surface area contributed by atoms with Gasteiger partial charge in [-0.1, -0.05) is 0 Å². The van der Waals surface area contributed by atoms with Crippen molar-refractivity contribution in [1.29, 1.82) is 0 Å². The molecule has 1 amide bonds. The number of hydrogen-bond acceptors (Lipinski definition) is 4. The summed E-state index contributed by atoms with van der Waals surface area (Å²) in [4.78, 5) is 23.6. The van der Waals surface area contributed by atoms with Crippen LogP contribution in [-0.2, 0) is 9.53 Å². The van der Waals surface area contributed by atoms with E-state index < -0.39 is 0 Å². The summed E-state index contributed by atoms with van der Waals surface area (Å²) in [5.74, 6) is 0.592. The third-order valence-electron chi connectivity index (χ3n) is 5.17. The minimum Gasteiger partial charge on any atom is -0.368 e. The molecule has 126 valence electrons.